The fraction of sp³-hybridized carbons (Fsp3) is 0.571. The number of benzene rings is 7. The lowest BCUT2D eigenvalue weighted by atomic mass is 9.82. The minimum Gasteiger partial charge on any atom is -0.390 e. The Labute approximate surface area is 703 Å². The molecule has 0 saturated carbocycles. The second kappa shape index (κ2) is 43.3. The molecule has 642 valence electrons. The molecule has 7 aromatic carbocycles. The van der Waals surface area contributed by atoms with Gasteiger partial charge in [0, 0.05) is 51.5 Å². The molecule has 1 N–H and O–H groups in total. The number of aliphatic hydroxyl groups excluding tert-OH is 1. The maximum atomic E-state index is 13.6. The zero-order valence-electron chi connectivity index (χ0n) is 71.5. The van der Waals surface area contributed by atoms with Crippen molar-refractivity contribution in [2.24, 2.45) is 59.2 Å². The van der Waals surface area contributed by atoms with Crippen LogP contribution in [0.2, 0.25) is 0 Å². The Hall–Kier alpha value is -6.03. The second-order valence-corrected chi connectivity index (χ2v) is 35.4. The van der Waals surface area contributed by atoms with Crippen LogP contribution in [0.1, 0.15) is 169 Å². The number of rotatable bonds is 26. The summed E-state index contributed by atoms with van der Waals surface area (Å²) in [5.41, 5.74) is 5.78. The molecule has 0 bridgehead atoms. The fourth-order valence-electron chi connectivity index (χ4n) is 17.8. The number of fused-ring (bicyclic) bond motifs is 2. The van der Waals surface area contributed by atoms with Crippen molar-refractivity contribution in [3.63, 3.8) is 0 Å². The summed E-state index contributed by atoms with van der Waals surface area (Å²) in [6, 6.07) is 70.1. The first-order valence-corrected chi connectivity index (χ1v) is 44.8. The van der Waals surface area contributed by atoms with Crippen LogP contribution >= 0.6 is 0 Å². The molecule has 15 unspecified atom stereocenters. The van der Waals surface area contributed by atoms with Crippen molar-refractivity contribution in [1.29, 1.82) is 0 Å². The van der Waals surface area contributed by atoms with E-state index in [1.807, 2.05) is 183 Å². The number of aliphatic hydroxyl groups is 1. The molecule has 0 aliphatic carbocycles. The van der Waals surface area contributed by atoms with Gasteiger partial charge in [-0.2, -0.15) is 0 Å². The molecule has 7 aromatic rings. The third kappa shape index (κ3) is 21.9. The minimum absolute atomic E-state index is 0.0303. The zero-order chi connectivity index (χ0) is 82.9. The average molecular weight is 1640 g/mol. The van der Waals surface area contributed by atoms with Crippen LogP contribution in [0.15, 0.2) is 217 Å². The maximum Gasteiger partial charge on any atom is 0.185 e. The summed E-state index contributed by atoms with van der Waals surface area (Å²) in [7, 11) is -1.40. The van der Waals surface area contributed by atoms with E-state index in [1.165, 1.54) is 0 Å². The van der Waals surface area contributed by atoms with Gasteiger partial charge < -0.3 is 85.6 Å². The molecule has 118 heavy (non-hydrogen) atoms. The normalized spacial score (nSPS) is 37.6. The monoisotopic (exact) mass is 1640 g/mol. The van der Waals surface area contributed by atoms with E-state index in [4.69, 9.17) is 80.5 Å². The second-order valence-electron chi connectivity index (χ2n) is 33.9. The highest BCUT2D eigenvalue weighted by Crippen LogP contribution is 2.47. The maximum absolute atomic E-state index is 13.6. The molecule has 0 aromatic heterocycles. The van der Waals surface area contributed by atoms with Crippen molar-refractivity contribution >= 4 is 10.8 Å². The molecule has 8 fully saturated rings. The summed E-state index contributed by atoms with van der Waals surface area (Å²) in [5.74, 6) is 1.14. The van der Waals surface area contributed by atoms with Gasteiger partial charge in [0.1, 0.15) is 24.4 Å². The standard InChI is InChI=1S/C46H62O9.C27H28O5S.C25H40O5/c1-8-36-39(28(3)30(5)43(50-36)48-26-34-21-15-11-16-22-34)53-44-31(6)29(4)40(37(9-2)51-44)55-46-42(47-25-33-19-13-10-14-20-33)32(7)41-38(52-46)27-49-45(54-41)35-23-17-12-18-24-35;1-19-24-23(18-30-26(32-24)21-13-7-3-8-14-21)31-27(33(28)22-15-9-4-10-16-22)25(19)29-17-20-11-5-2-6-12-20;1-7-20-22(26)15(3)17(5)25(28-20)30-23-16(4)18(6)24(29-21(23)8-2)27-14-19-12-10-9-11-13-19/h10-24,28-32,36-46H,8-9,25-27H2,1-7H3;2-16,19,23-27H,17-18H2,1H3;9-13,15-18,20-26H,7-8,14H2,1-6H3/t28-,29-,30?,31?,32+,36?,37?,38?,39+,40+,41+,42?,43-,44+,45?,46+;19-,23?,24-,25?,26?,27+,33?;15-,16-,17?,18?,20?,21?,22+,23+,24-,25+/m101/s1. The van der Waals surface area contributed by atoms with Crippen LogP contribution in [0.25, 0.3) is 0 Å². The van der Waals surface area contributed by atoms with Crippen molar-refractivity contribution in [3.05, 3.63) is 246 Å². The Bertz CT molecular complexity index is 4050. The van der Waals surface area contributed by atoms with Crippen LogP contribution in [0.3, 0.4) is 0 Å². The van der Waals surface area contributed by atoms with Gasteiger partial charge in [-0.3, -0.25) is 4.21 Å². The molecule has 33 atom stereocenters. The summed E-state index contributed by atoms with van der Waals surface area (Å²) in [6.45, 7) is 32.9. The zero-order valence-corrected chi connectivity index (χ0v) is 72.3. The molecule has 8 saturated heterocycles. The lowest BCUT2D eigenvalue weighted by Crippen LogP contribution is -2.62. The minimum atomic E-state index is -1.40. The van der Waals surface area contributed by atoms with Gasteiger partial charge in [-0.15, -0.1) is 0 Å². The first-order chi connectivity index (χ1) is 57.3. The van der Waals surface area contributed by atoms with Crippen LogP contribution < -0.4 is 0 Å². The van der Waals surface area contributed by atoms with Crippen molar-refractivity contribution in [2.75, 3.05) is 13.2 Å². The third-order valence-electron chi connectivity index (χ3n) is 26.1. The summed E-state index contributed by atoms with van der Waals surface area (Å²) in [6.07, 6.45) is -2.91. The molecule has 8 aliphatic rings. The Balaban J connectivity index is 0.000000164. The largest absolute Gasteiger partial charge is 0.390 e. The van der Waals surface area contributed by atoms with E-state index >= 15 is 0 Å². The Morgan fingerprint density at radius 1 is 0.314 bits per heavy atom. The number of ether oxygens (including phenoxy) is 17. The van der Waals surface area contributed by atoms with Crippen LogP contribution in [0.4, 0.5) is 0 Å². The highest BCUT2D eigenvalue weighted by Gasteiger charge is 2.55. The fourth-order valence-corrected chi connectivity index (χ4v) is 19.3. The molecular weight excluding hydrogens is 1510 g/mol. The summed E-state index contributed by atoms with van der Waals surface area (Å²) >= 11 is 0. The van der Waals surface area contributed by atoms with Crippen molar-refractivity contribution < 1.29 is 89.8 Å². The van der Waals surface area contributed by atoms with E-state index in [9.17, 15) is 9.32 Å². The lowest BCUT2D eigenvalue weighted by Gasteiger charge is -2.52. The summed E-state index contributed by atoms with van der Waals surface area (Å²) < 4.78 is 124. The number of hydrogen-bond acceptors (Lipinski definition) is 19. The first kappa shape index (κ1) is 89.7. The third-order valence-corrected chi connectivity index (χ3v) is 27.6. The molecular formula is C98H130O19S. The predicted molar refractivity (Wildman–Crippen MR) is 451 cm³/mol. The molecule has 15 rings (SSSR count). The van der Waals surface area contributed by atoms with Crippen LogP contribution in [0.5, 0.6) is 0 Å². The number of hydrogen-bond donors (Lipinski definition) is 1. The Morgan fingerprint density at radius 2 is 0.627 bits per heavy atom. The molecule has 19 nitrogen and oxygen atoms in total. The summed E-state index contributed by atoms with van der Waals surface area (Å²) in [4.78, 5) is 0.723. The van der Waals surface area contributed by atoms with Crippen molar-refractivity contribution in [3.8, 4) is 0 Å². The average Bonchev–Trinajstić information content (AvgIpc) is 0.782. The van der Waals surface area contributed by atoms with Crippen LogP contribution in [-0.2, 0) is 118 Å². The SMILES string of the molecule is CCC1O[C@@H](OCc2ccccc2)C(C)[C@@H](C)[C@@H]1O[C@@H]1OC(CC)[C@@H](O[C@@H]2OC3COC(c4ccccc4)O[C@H]3[C@H](C)C2OCc2ccccc2)[C@H](C)C1C.CCC1O[C@@H](O[C@@H]2C(CC)O[C@@H](OCc3ccccc3)C(C)[C@H]2C)C(C)[C@@H](C)[C@@H]1O.C[C@@H]1C(OCc2ccccc2)[C@@H](S(=O)c2ccccc2)OC2COC(c3ccccc3)O[C@H]21. The van der Waals surface area contributed by atoms with Crippen LogP contribution in [-0.4, -0.2) is 145 Å². The van der Waals surface area contributed by atoms with Gasteiger partial charge in [-0.1, -0.05) is 297 Å². The van der Waals surface area contributed by atoms with Crippen molar-refractivity contribution in [1.82, 2.24) is 0 Å². The highest BCUT2D eigenvalue weighted by atomic mass is 32.2. The quantitative estimate of drug-likeness (QED) is 0.0537. The van der Waals surface area contributed by atoms with Gasteiger partial charge >= 0.3 is 0 Å². The smallest absolute Gasteiger partial charge is 0.185 e. The van der Waals surface area contributed by atoms with E-state index in [2.05, 4.69) is 126 Å². The van der Waals surface area contributed by atoms with Gasteiger partial charge in [-0.25, -0.2) is 0 Å². The first-order valence-electron chi connectivity index (χ1n) is 43.6. The van der Waals surface area contributed by atoms with E-state index in [-0.39, 0.29) is 151 Å². The molecule has 8 aliphatic heterocycles. The van der Waals surface area contributed by atoms with E-state index in [0.29, 0.717) is 39.6 Å². The molecule has 0 amide bonds. The Kier molecular flexibility index (Phi) is 33.0. The van der Waals surface area contributed by atoms with Crippen LogP contribution in [0, 0.1) is 59.2 Å². The van der Waals surface area contributed by atoms with E-state index < -0.39 is 53.6 Å². The Morgan fingerprint density at radius 3 is 1.03 bits per heavy atom. The highest BCUT2D eigenvalue weighted by molar-refractivity contribution is 7.85. The van der Waals surface area contributed by atoms with Gasteiger partial charge in [0.05, 0.1) is 111 Å². The van der Waals surface area contributed by atoms with Gasteiger partial charge in [0.25, 0.3) is 0 Å². The van der Waals surface area contributed by atoms with Gasteiger partial charge in [0.15, 0.2) is 49.5 Å². The summed E-state index contributed by atoms with van der Waals surface area (Å²) in [5, 5.41) is 10.5. The lowest BCUT2D eigenvalue weighted by molar-refractivity contribution is -0.381. The molecule has 20 heteroatoms. The predicted octanol–water partition coefficient (Wildman–Crippen LogP) is 18.5. The van der Waals surface area contributed by atoms with Gasteiger partial charge in [0.2, 0.25) is 0 Å². The molecule has 0 spiro atoms. The van der Waals surface area contributed by atoms with E-state index in [1.54, 1.807) is 0 Å². The molecule has 0 radical (unpaired) electrons. The topological polar surface area (TPSA) is 194 Å². The molecule has 8 heterocycles. The van der Waals surface area contributed by atoms with E-state index in [0.717, 1.165) is 64.0 Å². The van der Waals surface area contributed by atoms with Crippen molar-refractivity contribution in [2.45, 2.75) is 289 Å². The van der Waals surface area contributed by atoms with Gasteiger partial charge in [-0.05, 0) is 83.7 Å².